The van der Waals surface area contributed by atoms with E-state index in [9.17, 15) is 14.4 Å². The largest absolute Gasteiger partial charge is 0.495 e. The van der Waals surface area contributed by atoms with Crippen LogP contribution in [-0.4, -0.2) is 37.4 Å². The number of benzene rings is 1. The molecule has 0 aliphatic carbocycles. The molecule has 0 unspecified atom stereocenters. The van der Waals surface area contributed by atoms with Crippen molar-refractivity contribution >= 4 is 40.6 Å². The molecule has 0 bridgehead atoms. The normalized spacial score (nSPS) is 11.7. The summed E-state index contributed by atoms with van der Waals surface area (Å²) >= 11 is 7.28. The number of rotatable bonds is 8. The number of hydrogen-bond donors (Lipinski definition) is 1. The summed E-state index contributed by atoms with van der Waals surface area (Å²) in [6.45, 7) is 3.12. The van der Waals surface area contributed by atoms with Crippen LogP contribution in [0.3, 0.4) is 0 Å². The molecule has 1 heterocycles. The molecule has 27 heavy (non-hydrogen) atoms. The van der Waals surface area contributed by atoms with Gasteiger partial charge in [-0.3, -0.25) is 9.59 Å². The predicted molar refractivity (Wildman–Crippen MR) is 104 cm³/mol. The van der Waals surface area contributed by atoms with Crippen LogP contribution in [0.2, 0.25) is 5.02 Å². The second kappa shape index (κ2) is 9.53. The summed E-state index contributed by atoms with van der Waals surface area (Å²) in [5.41, 5.74) is 0.303. The highest BCUT2D eigenvalue weighted by atomic mass is 35.5. The van der Waals surface area contributed by atoms with Crippen molar-refractivity contribution in [1.29, 1.82) is 0 Å². The molecule has 0 saturated heterocycles. The number of halogens is 1. The maximum Gasteiger partial charge on any atom is 0.329 e. The van der Waals surface area contributed by atoms with Gasteiger partial charge in [-0.05, 0) is 35.6 Å². The molecule has 0 saturated carbocycles. The van der Waals surface area contributed by atoms with Gasteiger partial charge in [-0.15, -0.1) is 11.3 Å². The van der Waals surface area contributed by atoms with Gasteiger partial charge in [0.15, 0.2) is 12.4 Å². The van der Waals surface area contributed by atoms with E-state index < -0.39 is 24.4 Å². The van der Waals surface area contributed by atoms with Gasteiger partial charge < -0.3 is 14.8 Å². The zero-order valence-electron chi connectivity index (χ0n) is 15.2. The quantitative estimate of drug-likeness (QED) is 0.532. The monoisotopic (exact) mass is 409 g/mol. The number of ether oxygens (including phenoxy) is 2. The number of methoxy groups -OCH3 is 1. The third-order valence-corrected chi connectivity index (χ3v) is 4.94. The summed E-state index contributed by atoms with van der Waals surface area (Å²) in [6.07, 6.45) is 0. The smallest absolute Gasteiger partial charge is 0.329 e. The van der Waals surface area contributed by atoms with Crippen molar-refractivity contribution in [1.82, 2.24) is 5.32 Å². The maximum absolute atomic E-state index is 12.4. The third kappa shape index (κ3) is 5.55. The molecule has 8 heteroatoms. The van der Waals surface area contributed by atoms with Gasteiger partial charge in [-0.1, -0.05) is 31.5 Å². The van der Waals surface area contributed by atoms with E-state index in [4.69, 9.17) is 21.1 Å². The molecule has 1 aromatic heterocycles. The van der Waals surface area contributed by atoms with Gasteiger partial charge in [-0.25, -0.2) is 4.79 Å². The zero-order valence-corrected chi connectivity index (χ0v) is 16.7. The molecule has 1 aromatic carbocycles. The summed E-state index contributed by atoms with van der Waals surface area (Å²) in [7, 11) is 1.47. The lowest BCUT2D eigenvalue weighted by Crippen LogP contribution is -2.45. The molecule has 6 nitrogen and oxygen atoms in total. The molecule has 144 valence electrons. The van der Waals surface area contributed by atoms with E-state index in [1.165, 1.54) is 24.5 Å². The Kier molecular flexibility index (Phi) is 7.38. The Morgan fingerprint density at radius 1 is 1.22 bits per heavy atom. The van der Waals surface area contributed by atoms with Crippen molar-refractivity contribution in [2.45, 2.75) is 19.9 Å². The van der Waals surface area contributed by atoms with E-state index in [0.717, 1.165) is 0 Å². The Hall–Kier alpha value is -2.38. The fraction of sp³-hybridized carbons (Fsp3) is 0.316. The minimum absolute atomic E-state index is 0.202. The first-order chi connectivity index (χ1) is 12.8. The Balaban J connectivity index is 1.98. The number of thiophene rings is 1. The van der Waals surface area contributed by atoms with E-state index in [-0.39, 0.29) is 16.8 Å². The molecular formula is C19H20ClNO5S. The molecule has 0 aliphatic heterocycles. The van der Waals surface area contributed by atoms with Crippen molar-refractivity contribution in [2.75, 3.05) is 13.7 Å². The molecule has 0 spiro atoms. The number of esters is 1. The minimum atomic E-state index is -0.855. The van der Waals surface area contributed by atoms with Crippen LogP contribution in [0, 0.1) is 5.92 Å². The van der Waals surface area contributed by atoms with E-state index in [2.05, 4.69) is 5.32 Å². The number of nitrogens with one attached hydrogen (secondary N) is 1. The van der Waals surface area contributed by atoms with E-state index in [1.807, 2.05) is 0 Å². The molecule has 1 atom stereocenters. The summed E-state index contributed by atoms with van der Waals surface area (Å²) in [5.74, 6) is -1.18. The van der Waals surface area contributed by atoms with E-state index in [0.29, 0.717) is 16.2 Å². The van der Waals surface area contributed by atoms with Gasteiger partial charge in [0.2, 0.25) is 0 Å². The number of hydrogen-bond acceptors (Lipinski definition) is 6. The molecule has 0 fully saturated rings. The van der Waals surface area contributed by atoms with Crippen LogP contribution in [-0.2, 0) is 9.53 Å². The second-order valence-electron chi connectivity index (χ2n) is 6.05. The van der Waals surface area contributed by atoms with Gasteiger partial charge in [0.05, 0.1) is 17.0 Å². The summed E-state index contributed by atoms with van der Waals surface area (Å²) < 4.78 is 10.2. The molecule has 2 aromatic rings. The van der Waals surface area contributed by atoms with Crippen LogP contribution in [0.15, 0.2) is 35.7 Å². The molecule has 0 aliphatic rings. The number of ketones is 1. The van der Waals surface area contributed by atoms with Crippen LogP contribution >= 0.6 is 22.9 Å². The van der Waals surface area contributed by atoms with Crippen LogP contribution in [0.4, 0.5) is 0 Å². The molecule has 2 rings (SSSR count). The average molecular weight is 410 g/mol. The average Bonchev–Trinajstić information content (AvgIpc) is 3.18. The van der Waals surface area contributed by atoms with Crippen molar-refractivity contribution in [3.8, 4) is 5.75 Å². The number of carbonyl (C=O) groups excluding carboxylic acids is 3. The van der Waals surface area contributed by atoms with Gasteiger partial charge in [0, 0.05) is 5.56 Å². The maximum atomic E-state index is 12.4. The van der Waals surface area contributed by atoms with Gasteiger partial charge >= 0.3 is 5.97 Å². The Bertz CT molecular complexity index is 820. The first-order valence-electron chi connectivity index (χ1n) is 8.21. The van der Waals surface area contributed by atoms with Crippen molar-refractivity contribution < 1.29 is 23.9 Å². The fourth-order valence-electron chi connectivity index (χ4n) is 2.27. The topological polar surface area (TPSA) is 81.7 Å². The molecule has 1 N–H and O–H groups in total. The Morgan fingerprint density at radius 3 is 2.52 bits per heavy atom. The molecule has 1 amide bonds. The second-order valence-corrected chi connectivity index (χ2v) is 7.41. The van der Waals surface area contributed by atoms with Crippen LogP contribution in [0.5, 0.6) is 5.75 Å². The standard InChI is InChI=1S/C19H20ClNO5S/c1-11(2)17(21-18(23)16-5-4-8-27-16)19(24)26-10-14(22)12-6-7-15(25-3)13(20)9-12/h4-9,11,17H,10H2,1-3H3,(H,21,23)/t17-/m0/s1. The van der Waals surface area contributed by atoms with Crippen molar-refractivity contribution in [3.63, 3.8) is 0 Å². The summed E-state index contributed by atoms with van der Waals surface area (Å²) in [4.78, 5) is 37.3. The van der Waals surface area contributed by atoms with Crippen LogP contribution in [0.1, 0.15) is 33.9 Å². The van der Waals surface area contributed by atoms with Crippen LogP contribution in [0.25, 0.3) is 0 Å². The number of amides is 1. The molecule has 0 radical (unpaired) electrons. The fourth-order valence-corrected chi connectivity index (χ4v) is 3.15. The SMILES string of the molecule is COc1ccc(C(=O)COC(=O)[C@@H](NC(=O)c2cccs2)C(C)C)cc1Cl. The number of Topliss-reactive ketones (excluding diaryl/α,β-unsaturated/α-hetero) is 1. The summed E-state index contributed by atoms with van der Waals surface area (Å²) in [6, 6.07) is 7.12. The first-order valence-corrected chi connectivity index (χ1v) is 9.47. The zero-order chi connectivity index (χ0) is 20.0. The van der Waals surface area contributed by atoms with Gasteiger partial charge in [-0.2, -0.15) is 0 Å². The highest BCUT2D eigenvalue weighted by Gasteiger charge is 2.27. The lowest BCUT2D eigenvalue weighted by Gasteiger charge is -2.20. The Morgan fingerprint density at radius 2 is 1.96 bits per heavy atom. The van der Waals surface area contributed by atoms with Crippen LogP contribution < -0.4 is 10.1 Å². The highest BCUT2D eigenvalue weighted by Crippen LogP contribution is 2.25. The third-order valence-electron chi connectivity index (χ3n) is 3.77. The highest BCUT2D eigenvalue weighted by molar-refractivity contribution is 7.12. The van der Waals surface area contributed by atoms with Crippen molar-refractivity contribution in [2.24, 2.45) is 5.92 Å². The van der Waals surface area contributed by atoms with Crippen molar-refractivity contribution in [3.05, 3.63) is 51.2 Å². The first kappa shape index (κ1) is 20.9. The van der Waals surface area contributed by atoms with Gasteiger partial charge in [0.25, 0.3) is 5.91 Å². The minimum Gasteiger partial charge on any atom is -0.495 e. The summed E-state index contributed by atoms with van der Waals surface area (Å²) in [5, 5.41) is 4.72. The molecular weight excluding hydrogens is 390 g/mol. The lowest BCUT2D eigenvalue weighted by atomic mass is 10.0. The number of carbonyl (C=O) groups is 3. The van der Waals surface area contributed by atoms with E-state index >= 15 is 0 Å². The van der Waals surface area contributed by atoms with E-state index in [1.54, 1.807) is 43.5 Å². The Labute approximate surface area is 166 Å². The van der Waals surface area contributed by atoms with Gasteiger partial charge in [0.1, 0.15) is 11.8 Å². The lowest BCUT2D eigenvalue weighted by molar-refractivity contribution is -0.145. The predicted octanol–water partition coefficient (Wildman–Crippen LogP) is 3.59.